The normalized spacial score (nSPS) is 12.3. The number of hydrogen-bond donors (Lipinski definition) is 2. The van der Waals surface area contributed by atoms with E-state index in [0.717, 1.165) is 0 Å². The number of tetrazole rings is 1. The number of carbonyl (C=O) groups is 1. The number of aromatic nitrogens is 5. The highest BCUT2D eigenvalue weighted by Crippen LogP contribution is 2.16. The van der Waals surface area contributed by atoms with Gasteiger partial charge in [-0.25, -0.2) is 4.68 Å². The highest BCUT2D eigenvalue weighted by molar-refractivity contribution is 5.67. The molecule has 0 spiro atoms. The van der Waals surface area contributed by atoms with Gasteiger partial charge in [0.15, 0.2) is 11.3 Å². The van der Waals surface area contributed by atoms with Crippen molar-refractivity contribution in [2.45, 2.75) is 19.4 Å². The summed E-state index contributed by atoms with van der Waals surface area (Å²) in [4.78, 5) is 25.1. The summed E-state index contributed by atoms with van der Waals surface area (Å²) in [7, 11) is 0. The predicted octanol–water partition coefficient (Wildman–Crippen LogP) is 0.0641. The summed E-state index contributed by atoms with van der Waals surface area (Å²) in [6, 6.07) is 0.919. The van der Waals surface area contributed by atoms with E-state index in [1.165, 1.54) is 23.1 Å². The molecule has 2 N–H and O–H groups in total. The lowest BCUT2D eigenvalue weighted by Crippen LogP contribution is -2.15. The second-order valence-corrected chi connectivity index (χ2v) is 3.82. The summed E-state index contributed by atoms with van der Waals surface area (Å²) in [6.45, 7) is 1.67. The first-order chi connectivity index (χ1) is 8.59. The van der Waals surface area contributed by atoms with Crippen LogP contribution in [0.2, 0.25) is 0 Å². The molecule has 1 unspecified atom stereocenters. The summed E-state index contributed by atoms with van der Waals surface area (Å²) in [5.74, 6) is -0.698. The van der Waals surface area contributed by atoms with Gasteiger partial charge in [-0.15, -0.1) is 5.10 Å². The number of aliphatic carboxylic acids is 1. The molecule has 0 bridgehead atoms. The Labute approximate surface area is 101 Å². The van der Waals surface area contributed by atoms with Gasteiger partial charge in [0.1, 0.15) is 0 Å². The van der Waals surface area contributed by atoms with Crippen molar-refractivity contribution in [3.05, 3.63) is 28.7 Å². The number of pyridine rings is 1. The summed E-state index contributed by atoms with van der Waals surface area (Å²) in [5.41, 5.74) is 0.0760. The molecule has 0 saturated heterocycles. The number of nitrogens with one attached hydrogen (secondary N) is 1. The zero-order chi connectivity index (χ0) is 13.1. The maximum Gasteiger partial charge on any atom is 0.305 e. The van der Waals surface area contributed by atoms with Crippen molar-refractivity contribution >= 4 is 5.97 Å². The number of carboxylic acids is 1. The summed E-state index contributed by atoms with van der Waals surface area (Å²) < 4.78 is 1.33. The molecule has 0 fully saturated rings. The van der Waals surface area contributed by atoms with Gasteiger partial charge in [0.25, 0.3) is 0 Å². The van der Waals surface area contributed by atoms with Gasteiger partial charge in [0.05, 0.1) is 18.0 Å². The van der Waals surface area contributed by atoms with Crippen molar-refractivity contribution in [1.82, 2.24) is 25.2 Å². The van der Waals surface area contributed by atoms with Crippen LogP contribution in [0.25, 0.3) is 11.4 Å². The molecule has 0 aliphatic rings. The Balaban J connectivity index is 2.42. The van der Waals surface area contributed by atoms with Crippen LogP contribution in [0.3, 0.4) is 0 Å². The van der Waals surface area contributed by atoms with E-state index in [1.54, 1.807) is 6.92 Å². The number of H-pyrrole nitrogens is 1. The molecule has 0 aliphatic carbocycles. The molecule has 0 amide bonds. The molecule has 1 atom stereocenters. The molecule has 8 nitrogen and oxygen atoms in total. The van der Waals surface area contributed by atoms with Gasteiger partial charge in [-0.1, -0.05) is 0 Å². The van der Waals surface area contributed by atoms with Crippen LogP contribution in [0.5, 0.6) is 0 Å². The number of carboxylic acid groups (broad SMARTS) is 1. The van der Waals surface area contributed by atoms with Crippen LogP contribution in [0, 0.1) is 0 Å². The van der Waals surface area contributed by atoms with E-state index in [-0.39, 0.29) is 17.7 Å². The highest BCUT2D eigenvalue weighted by atomic mass is 16.4. The number of aromatic amines is 1. The van der Waals surface area contributed by atoms with Crippen molar-refractivity contribution in [2.24, 2.45) is 0 Å². The number of rotatable bonds is 4. The van der Waals surface area contributed by atoms with E-state index in [0.29, 0.717) is 5.56 Å². The average molecular weight is 249 g/mol. The van der Waals surface area contributed by atoms with Crippen LogP contribution in [-0.4, -0.2) is 36.3 Å². The molecule has 0 aliphatic heterocycles. The standard InChI is InChI=1S/C10H11N5O3/c1-6(4-9(17)18)15-10(12-13-14-15)7-5-11-3-2-8(7)16/h2-3,5-6H,4H2,1H3,(H,11,16)(H,17,18). The Morgan fingerprint density at radius 1 is 1.61 bits per heavy atom. The quantitative estimate of drug-likeness (QED) is 0.792. The van der Waals surface area contributed by atoms with E-state index in [9.17, 15) is 9.59 Å². The third kappa shape index (κ3) is 2.26. The largest absolute Gasteiger partial charge is 0.481 e. The third-order valence-electron chi connectivity index (χ3n) is 2.45. The molecular formula is C10H11N5O3. The molecule has 94 valence electrons. The zero-order valence-electron chi connectivity index (χ0n) is 9.57. The summed E-state index contributed by atoms with van der Waals surface area (Å²) in [5, 5.41) is 19.7. The van der Waals surface area contributed by atoms with Gasteiger partial charge in [0, 0.05) is 18.5 Å². The lowest BCUT2D eigenvalue weighted by Gasteiger charge is -2.10. The van der Waals surface area contributed by atoms with E-state index in [4.69, 9.17) is 5.11 Å². The monoisotopic (exact) mass is 249 g/mol. The molecule has 0 radical (unpaired) electrons. The molecule has 8 heteroatoms. The molecule has 0 aromatic carbocycles. The number of nitrogens with zero attached hydrogens (tertiary/aromatic N) is 4. The summed E-state index contributed by atoms with van der Waals surface area (Å²) in [6.07, 6.45) is 2.86. The number of hydrogen-bond acceptors (Lipinski definition) is 5. The Morgan fingerprint density at radius 2 is 2.39 bits per heavy atom. The van der Waals surface area contributed by atoms with Crippen LogP contribution in [0.1, 0.15) is 19.4 Å². The van der Waals surface area contributed by atoms with Gasteiger partial charge in [-0.2, -0.15) is 0 Å². The van der Waals surface area contributed by atoms with Crippen molar-refractivity contribution in [3.63, 3.8) is 0 Å². The topological polar surface area (TPSA) is 114 Å². The Morgan fingerprint density at radius 3 is 3.06 bits per heavy atom. The second kappa shape index (κ2) is 4.78. The van der Waals surface area contributed by atoms with E-state index < -0.39 is 12.0 Å². The van der Waals surface area contributed by atoms with Gasteiger partial charge in [-0.05, 0) is 17.4 Å². The zero-order valence-corrected chi connectivity index (χ0v) is 9.57. The maximum absolute atomic E-state index is 11.7. The van der Waals surface area contributed by atoms with Gasteiger partial charge in [0.2, 0.25) is 0 Å². The molecular weight excluding hydrogens is 238 g/mol. The van der Waals surface area contributed by atoms with Gasteiger partial charge < -0.3 is 10.1 Å². The van der Waals surface area contributed by atoms with Crippen LogP contribution in [-0.2, 0) is 4.79 Å². The van der Waals surface area contributed by atoms with E-state index in [2.05, 4.69) is 20.5 Å². The lowest BCUT2D eigenvalue weighted by molar-refractivity contribution is -0.137. The average Bonchev–Trinajstić information content (AvgIpc) is 2.77. The predicted molar refractivity (Wildman–Crippen MR) is 60.8 cm³/mol. The smallest absolute Gasteiger partial charge is 0.305 e. The van der Waals surface area contributed by atoms with Crippen LogP contribution in [0.15, 0.2) is 23.3 Å². The fraction of sp³-hybridized carbons (Fsp3) is 0.300. The molecule has 2 heterocycles. The van der Waals surface area contributed by atoms with Gasteiger partial charge >= 0.3 is 5.97 Å². The first-order valence-corrected chi connectivity index (χ1v) is 5.26. The third-order valence-corrected chi connectivity index (χ3v) is 2.45. The van der Waals surface area contributed by atoms with Gasteiger partial charge in [-0.3, -0.25) is 9.59 Å². The lowest BCUT2D eigenvalue weighted by atomic mass is 10.2. The van der Waals surface area contributed by atoms with E-state index in [1.807, 2.05) is 0 Å². The van der Waals surface area contributed by atoms with Crippen molar-refractivity contribution < 1.29 is 9.90 Å². The maximum atomic E-state index is 11.7. The Bertz CT molecular complexity index is 618. The highest BCUT2D eigenvalue weighted by Gasteiger charge is 2.18. The molecule has 18 heavy (non-hydrogen) atoms. The molecule has 2 aromatic heterocycles. The van der Waals surface area contributed by atoms with Crippen LogP contribution < -0.4 is 5.43 Å². The summed E-state index contributed by atoms with van der Waals surface area (Å²) >= 11 is 0. The fourth-order valence-corrected chi connectivity index (χ4v) is 1.60. The Kier molecular flexibility index (Phi) is 3.18. The minimum Gasteiger partial charge on any atom is -0.481 e. The minimum atomic E-state index is -0.953. The van der Waals surface area contributed by atoms with Crippen molar-refractivity contribution in [3.8, 4) is 11.4 Å². The van der Waals surface area contributed by atoms with Crippen LogP contribution >= 0.6 is 0 Å². The van der Waals surface area contributed by atoms with Crippen LogP contribution in [0.4, 0.5) is 0 Å². The van der Waals surface area contributed by atoms with Crippen molar-refractivity contribution in [2.75, 3.05) is 0 Å². The molecule has 0 saturated carbocycles. The first-order valence-electron chi connectivity index (χ1n) is 5.26. The Hall–Kier alpha value is -2.51. The van der Waals surface area contributed by atoms with E-state index >= 15 is 0 Å². The second-order valence-electron chi connectivity index (χ2n) is 3.82. The van der Waals surface area contributed by atoms with Crippen molar-refractivity contribution in [1.29, 1.82) is 0 Å². The fourth-order valence-electron chi connectivity index (χ4n) is 1.60. The first kappa shape index (κ1) is 12.0. The molecule has 2 rings (SSSR count). The molecule has 2 aromatic rings. The minimum absolute atomic E-state index is 0.122. The SMILES string of the molecule is CC(CC(=O)O)n1nnnc1-c1c[nH]ccc1=O.